The molecule has 3 aliphatic heterocycles. The van der Waals surface area contributed by atoms with Crippen molar-refractivity contribution >= 4 is 45.8 Å². The summed E-state index contributed by atoms with van der Waals surface area (Å²) < 4.78 is 16.0. The predicted octanol–water partition coefficient (Wildman–Crippen LogP) is 7.14. The highest BCUT2D eigenvalue weighted by molar-refractivity contribution is 6.07. The van der Waals surface area contributed by atoms with Gasteiger partial charge in [0.15, 0.2) is 0 Å². The number of imidazole rings is 2. The number of amides is 4. The Labute approximate surface area is 342 Å². The van der Waals surface area contributed by atoms with Gasteiger partial charge in [-0.3, -0.25) is 9.59 Å². The maximum absolute atomic E-state index is 14.0. The normalized spacial score (nSPS) is 19.7. The quantitative estimate of drug-likeness (QED) is 0.120. The summed E-state index contributed by atoms with van der Waals surface area (Å²) in [5, 5.41) is 7.40. The Hall–Kier alpha value is -6.12. The number of fused-ring (bicyclic) bond motifs is 6. The highest BCUT2D eigenvalue weighted by Gasteiger charge is 2.42. The second-order valence-corrected chi connectivity index (χ2v) is 16.6. The Morgan fingerprint density at radius 3 is 2.27 bits per heavy atom. The topological polar surface area (TPSA) is 184 Å². The SMILES string of the molecule is COC(=O)N[C@H](C(=O)N1CCC[C@H]1c1ncc(-c2ccc3c(c2)COc2cc4c(ccc5[nH]c([C@@H]6CCC(C)N6C(=O)[C@@H](NC(=O)OC)C(C)C)nc54)cc2-3)[nH]1)C(C)C. The largest absolute Gasteiger partial charge is 0.488 e. The number of alkyl carbamates (subject to hydrolysis) is 2. The van der Waals surface area contributed by atoms with E-state index in [4.69, 9.17) is 24.2 Å². The maximum atomic E-state index is 14.0. The zero-order valence-electron chi connectivity index (χ0n) is 34.5. The molecule has 5 aromatic rings. The molecule has 5 heterocycles. The van der Waals surface area contributed by atoms with Gasteiger partial charge < -0.3 is 44.6 Å². The van der Waals surface area contributed by atoms with Gasteiger partial charge in [-0.25, -0.2) is 19.6 Å². The van der Waals surface area contributed by atoms with Crippen LogP contribution in [0.25, 0.3) is 44.2 Å². The molecule has 4 N–H and O–H groups in total. The maximum Gasteiger partial charge on any atom is 0.407 e. The molecule has 15 nitrogen and oxygen atoms in total. The summed E-state index contributed by atoms with van der Waals surface area (Å²) in [6.07, 6.45) is 3.71. The Balaban J connectivity index is 1.04. The van der Waals surface area contributed by atoms with Crippen LogP contribution in [0.3, 0.4) is 0 Å². The van der Waals surface area contributed by atoms with Crippen LogP contribution in [0, 0.1) is 11.8 Å². The number of nitrogens with zero attached hydrogens (tertiary/aromatic N) is 4. The summed E-state index contributed by atoms with van der Waals surface area (Å²) in [6.45, 7) is 10.6. The number of benzene rings is 3. The van der Waals surface area contributed by atoms with Crippen LogP contribution >= 0.6 is 0 Å². The minimum atomic E-state index is -0.725. The van der Waals surface area contributed by atoms with E-state index < -0.39 is 24.3 Å². The van der Waals surface area contributed by atoms with Gasteiger partial charge in [-0.15, -0.1) is 0 Å². The number of H-pyrrole nitrogens is 2. The molecule has 0 bridgehead atoms. The van der Waals surface area contributed by atoms with E-state index in [1.165, 1.54) is 14.2 Å². The van der Waals surface area contributed by atoms with Crippen molar-refractivity contribution in [3.05, 3.63) is 65.9 Å². The minimum Gasteiger partial charge on any atom is -0.488 e. The summed E-state index contributed by atoms with van der Waals surface area (Å²) in [7, 11) is 2.58. The first-order chi connectivity index (χ1) is 28.4. The molecule has 0 aliphatic carbocycles. The Kier molecular flexibility index (Phi) is 10.7. The zero-order chi connectivity index (χ0) is 41.7. The molecule has 15 heteroatoms. The van der Waals surface area contributed by atoms with Gasteiger partial charge in [0.2, 0.25) is 11.8 Å². The van der Waals surface area contributed by atoms with Crippen molar-refractivity contribution in [1.29, 1.82) is 0 Å². The van der Waals surface area contributed by atoms with Gasteiger partial charge in [-0.05, 0) is 90.8 Å². The van der Waals surface area contributed by atoms with E-state index in [0.29, 0.717) is 24.8 Å². The molecule has 2 saturated heterocycles. The van der Waals surface area contributed by atoms with Gasteiger partial charge in [0.05, 0.1) is 49.2 Å². The third kappa shape index (κ3) is 7.31. The van der Waals surface area contributed by atoms with Gasteiger partial charge in [-0.1, -0.05) is 45.9 Å². The second-order valence-electron chi connectivity index (χ2n) is 16.6. The lowest BCUT2D eigenvalue weighted by Crippen LogP contribution is -2.52. The molecule has 0 spiro atoms. The zero-order valence-corrected chi connectivity index (χ0v) is 34.5. The Morgan fingerprint density at radius 1 is 0.831 bits per heavy atom. The molecule has 3 aromatic carbocycles. The first kappa shape index (κ1) is 39.7. The summed E-state index contributed by atoms with van der Waals surface area (Å²) in [6, 6.07) is 12.7. The summed E-state index contributed by atoms with van der Waals surface area (Å²) in [5.41, 5.74) is 6.59. The van der Waals surface area contributed by atoms with Crippen molar-refractivity contribution in [2.45, 2.75) is 97.1 Å². The molecule has 3 aliphatic rings. The number of hydrogen-bond donors (Lipinski definition) is 4. The lowest BCUT2D eigenvalue weighted by atomic mass is 9.92. The van der Waals surface area contributed by atoms with Crippen molar-refractivity contribution in [1.82, 2.24) is 40.4 Å². The number of nitrogens with one attached hydrogen (secondary N) is 4. The van der Waals surface area contributed by atoms with E-state index in [1.807, 2.05) is 56.7 Å². The van der Waals surface area contributed by atoms with Crippen LogP contribution in [0.1, 0.15) is 89.6 Å². The fraction of sp³-hybridized carbons (Fsp3) is 0.455. The van der Waals surface area contributed by atoms with Crippen molar-refractivity contribution in [3.8, 4) is 28.1 Å². The fourth-order valence-corrected chi connectivity index (χ4v) is 8.96. The third-order valence-corrected chi connectivity index (χ3v) is 12.1. The van der Waals surface area contributed by atoms with E-state index in [2.05, 4.69) is 57.0 Å². The van der Waals surface area contributed by atoms with Crippen LogP contribution in [0.4, 0.5) is 9.59 Å². The van der Waals surface area contributed by atoms with Gasteiger partial charge in [0.25, 0.3) is 0 Å². The van der Waals surface area contributed by atoms with Crippen LogP contribution in [0.2, 0.25) is 0 Å². The number of carbonyl (C=O) groups excluding carboxylic acids is 4. The van der Waals surface area contributed by atoms with Crippen molar-refractivity contribution in [3.63, 3.8) is 0 Å². The van der Waals surface area contributed by atoms with Gasteiger partial charge in [0, 0.05) is 23.5 Å². The van der Waals surface area contributed by atoms with Crippen molar-refractivity contribution in [2.75, 3.05) is 20.8 Å². The van der Waals surface area contributed by atoms with E-state index >= 15 is 0 Å². The molecule has 0 saturated carbocycles. The summed E-state index contributed by atoms with van der Waals surface area (Å²) in [5.74, 6) is 1.64. The molecular formula is C44H52N8O7. The van der Waals surface area contributed by atoms with Crippen LogP contribution in [-0.2, 0) is 25.7 Å². The fourth-order valence-electron chi connectivity index (χ4n) is 8.96. The lowest BCUT2D eigenvalue weighted by molar-refractivity contribution is -0.137. The summed E-state index contributed by atoms with van der Waals surface area (Å²) >= 11 is 0. The number of methoxy groups -OCH3 is 2. The standard InChI is InChI=1S/C44H52N8O7/c1-22(2)36(49-43(55)57-6)41(53)51-16-8-9-33(51)39-45-20-32(47-39)26-11-13-28-27(17-26)21-59-35-19-29-25(18-30(28)35)12-14-31-38(29)48-40(46-31)34-15-10-24(5)52(34)42(54)37(23(3)4)50-44(56)58-7/h11-14,17-20,22-24,33-34,36-37H,8-10,15-16,21H2,1-7H3,(H,45,47)(H,46,48)(H,49,55)(H,50,56)/t24?,33-,34-,36-,37-/m0/s1. The van der Waals surface area contributed by atoms with Crippen molar-refractivity contribution < 1.29 is 33.4 Å². The molecule has 2 fully saturated rings. The first-order valence-electron chi connectivity index (χ1n) is 20.5. The monoisotopic (exact) mass is 804 g/mol. The first-order valence-corrected chi connectivity index (χ1v) is 20.5. The number of aromatic amines is 2. The molecule has 0 radical (unpaired) electrons. The number of likely N-dealkylation sites (tertiary alicyclic amines) is 2. The van der Waals surface area contributed by atoms with Crippen LogP contribution in [0.5, 0.6) is 5.75 Å². The molecule has 8 rings (SSSR count). The van der Waals surface area contributed by atoms with Crippen molar-refractivity contribution in [2.24, 2.45) is 11.8 Å². The van der Waals surface area contributed by atoms with Crippen LogP contribution in [0.15, 0.2) is 48.7 Å². The lowest BCUT2D eigenvalue weighted by Gasteiger charge is -2.32. The number of hydrogen-bond acceptors (Lipinski definition) is 9. The molecule has 59 heavy (non-hydrogen) atoms. The highest BCUT2D eigenvalue weighted by Crippen LogP contribution is 2.44. The molecule has 2 aromatic heterocycles. The second kappa shape index (κ2) is 15.9. The Bertz CT molecular complexity index is 2440. The molecule has 5 atom stereocenters. The van der Waals surface area contributed by atoms with E-state index in [0.717, 1.165) is 81.2 Å². The van der Waals surface area contributed by atoms with Gasteiger partial charge in [-0.2, -0.15) is 0 Å². The average molecular weight is 805 g/mol. The molecular weight excluding hydrogens is 753 g/mol. The summed E-state index contributed by atoms with van der Waals surface area (Å²) in [4.78, 5) is 72.3. The molecule has 310 valence electrons. The highest BCUT2D eigenvalue weighted by atomic mass is 16.5. The number of rotatable bonds is 9. The van der Waals surface area contributed by atoms with Crippen LogP contribution < -0.4 is 15.4 Å². The molecule has 1 unspecified atom stereocenters. The van der Waals surface area contributed by atoms with E-state index in [-0.39, 0.29) is 41.8 Å². The number of carbonyl (C=O) groups is 4. The van der Waals surface area contributed by atoms with E-state index in [9.17, 15) is 19.2 Å². The third-order valence-electron chi connectivity index (χ3n) is 12.1. The molecule has 4 amide bonds. The minimum absolute atomic E-state index is 0.0244. The predicted molar refractivity (Wildman–Crippen MR) is 221 cm³/mol. The van der Waals surface area contributed by atoms with Crippen LogP contribution in [-0.4, -0.2) is 92.6 Å². The number of ether oxygens (including phenoxy) is 3. The average Bonchev–Trinajstić information content (AvgIpc) is 4.06. The van der Waals surface area contributed by atoms with Gasteiger partial charge in [0.1, 0.15) is 36.1 Å². The smallest absolute Gasteiger partial charge is 0.407 e. The number of aromatic nitrogens is 4. The van der Waals surface area contributed by atoms with E-state index in [1.54, 1.807) is 0 Å². The Morgan fingerprint density at radius 2 is 1.56 bits per heavy atom. The van der Waals surface area contributed by atoms with Gasteiger partial charge >= 0.3 is 12.2 Å².